The van der Waals surface area contributed by atoms with Gasteiger partial charge in [0.2, 0.25) is 29.5 Å². The van der Waals surface area contributed by atoms with Gasteiger partial charge in [0, 0.05) is 34.4 Å². The Bertz CT molecular complexity index is 1380. The lowest BCUT2D eigenvalue weighted by atomic mass is 9.89. The molecule has 0 radical (unpaired) electrons. The number of amides is 5. The second-order valence-electron chi connectivity index (χ2n) is 15.8. The highest BCUT2D eigenvalue weighted by molar-refractivity contribution is 5.90. The molecule has 1 saturated heterocycles. The van der Waals surface area contributed by atoms with Crippen molar-refractivity contribution in [3.05, 3.63) is 35.9 Å². The van der Waals surface area contributed by atoms with E-state index in [2.05, 4.69) is 21.3 Å². The number of likely N-dealkylation sites (tertiary alicyclic amines) is 1. The first kappa shape index (κ1) is 47.6. The molecular weight excluding hydrogens is 704 g/mol. The first-order valence-corrected chi connectivity index (χ1v) is 19.8. The van der Waals surface area contributed by atoms with Crippen molar-refractivity contribution in [1.82, 2.24) is 31.1 Å². The van der Waals surface area contributed by atoms with Crippen molar-refractivity contribution in [2.24, 2.45) is 23.7 Å². The van der Waals surface area contributed by atoms with E-state index in [1.54, 1.807) is 30.8 Å². The van der Waals surface area contributed by atoms with E-state index in [9.17, 15) is 29.1 Å². The normalized spacial score (nSPS) is 19.4. The zero-order chi connectivity index (χ0) is 41.6. The summed E-state index contributed by atoms with van der Waals surface area (Å²) in [5.41, 5.74) is 0.878. The van der Waals surface area contributed by atoms with Gasteiger partial charge in [-0.2, -0.15) is 0 Å². The molecule has 55 heavy (non-hydrogen) atoms. The molecule has 2 rings (SSSR count). The topological polar surface area (TPSA) is 179 Å². The number of aliphatic hydroxyl groups excluding tert-OH is 1. The highest BCUT2D eigenvalue weighted by Gasteiger charge is 2.43. The molecule has 0 spiro atoms. The molecule has 1 aliphatic heterocycles. The Labute approximate surface area is 329 Å². The Morgan fingerprint density at radius 1 is 0.873 bits per heavy atom. The number of nitrogens with zero attached hydrogens (tertiary/aromatic N) is 2. The number of carbonyl (C=O) groups excluding carboxylic acids is 5. The van der Waals surface area contributed by atoms with Crippen LogP contribution >= 0.6 is 0 Å². The molecule has 14 heteroatoms. The van der Waals surface area contributed by atoms with Crippen LogP contribution in [0, 0.1) is 23.7 Å². The maximum absolute atomic E-state index is 14.2. The second kappa shape index (κ2) is 22.8. The first-order chi connectivity index (χ1) is 25.9. The summed E-state index contributed by atoms with van der Waals surface area (Å²) in [4.78, 5) is 71.6. The van der Waals surface area contributed by atoms with E-state index in [1.807, 2.05) is 71.9 Å². The molecule has 1 aromatic rings. The maximum Gasteiger partial charge on any atom is 0.245 e. The predicted molar refractivity (Wildman–Crippen MR) is 212 cm³/mol. The molecule has 0 aromatic heterocycles. The fourth-order valence-electron chi connectivity index (χ4n) is 7.63. The lowest BCUT2D eigenvalue weighted by Crippen LogP contribution is -2.59. The molecule has 312 valence electrons. The maximum atomic E-state index is 14.2. The summed E-state index contributed by atoms with van der Waals surface area (Å²) in [6, 6.07) is 5.97. The summed E-state index contributed by atoms with van der Waals surface area (Å²) >= 11 is 0. The lowest BCUT2D eigenvalue weighted by molar-refractivity contribution is -0.148. The molecule has 0 unspecified atom stereocenters. The van der Waals surface area contributed by atoms with Crippen molar-refractivity contribution in [3.63, 3.8) is 0 Å². The number of rotatable bonds is 22. The molecule has 0 saturated carbocycles. The summed E-state index contributed by atoms with van der Waals surface area (Å²) in [7, 11) is 6.46. The predicted octanol–water partition coefficient (Wildman–Crippen LogP) is 2.47. The summed E-state index contributed by atoms with van der Waals surface area (Å²) < 4.78 is 11.9. The number of ether oxygens (including phenoxy) is 2. The summed E-state index contributed by atoms with van der Waals surface area (Å²) in [6.45, 7) is 15.5. The van der Waals surface area contributed by atoms with Gasteiger partial charge in [0.05, 0.1) is 48.8 Å². The van der Waals surface area contributed by atoms with Gasteiger partial charge in [-0.05, 0) is 50.1 Å². The van der Waals surface area contributed by atoms with Gasteiger partial charge in [0.15, 0.2) is 0 Å². The molecule has 1 heterocycles. The van der Waals surface area contributed by atoms with Crippen LogP contribution in [-0.2, 0) is 40.0 Å². The minimum absolute atomic E-state index is 0.0177. The van der Waals surface area contributed by atoms with Crippen LogP contribution in [0.1, 0.15) is 86.6 Å². The van der Waals surface area contributed by atoms with E-state index in [0.29, 0.717) is 25.8 Å². The number of hydrogen-bond donors (Lipinski definition) is 5. The Morgan fingerprint density at radius 3 is 1.98 bits per heavy atom. The van der Waals surface area contributed by atoms with Crippen LogP contribution in [0.5, 0.6) is 0 Å². The van der Waals surface area contributed by atoms with Crippen molar-refractivity contribution in [2.45, 2.75) is 136 Å². The third-order valence-electron chi connectivity index (χ3n) is 11.1. The largest absolute Gasteiger partial charge is 0.391 e. The highest BCUT2D eigenvalue weighted by Crippen LogP contribution is 2.29. The SMILES string of the molecule is CC[C@H](C)[C@@H]([C@@H](CC(=O)N1CCC[C@H]1[C@H](OC)[C@@H](C)C(=O)N[C@H](C(=O)NCc1ccccc1)[C@@H](C)O)OC)N(C)C(=O)[C@@H](NC(=O)[C@@H](NC)C(C)C)C(C)C. The van der Waals surface area contributed by atoms with E-state index in [0.717, 1.165) is 5.56 Å². The van der Waals surface area contributed by atoms with Crippen LogP contribution in [0.15, 0.2) is 30.3 Å². The third kappa shape index (κ3) is 13.0. The monoisotopic (exact) mass is 775 g/mol. The van der Waals surface area contributed by atoms with Crippen molar-refractivity contribution in [3.8, 4) is 0 Å². The summed E-state index contributed by atoms with van der Waals surface area (Å²) in [6.07, 6.45) is -0.527. The van der Waals surface area contributed by atoms with Crippen LogP contribution < -0.4 is 21.3 Å². The average molecular weight is 775 g/mol. The summed E-state index contributed by atoms with van der Waals surface area (Å²) in [5, 5.41) is 21.9. The van der Waals surface area contributed by atoms with Crippen molar-refractivity contribution < 1.29 is 38.6 Å². The lowest BCUT2D eigenvalue weighted by Gasteiger charge is -2.41. The number of nitrogens with one attached hydrogen (secondary N) is 4. The van der Waals surface area contributed by atoms with E-state index >= 15 is 0 Å². The fraction of sp³-hybridized carbons (Fsp3) is 0.732. The van der Waals surface area contributed by atoms with Crippen molar-refractivity contribution >= 4 is 29.5 Å². The molecule has 1 aliphatic rings. The minimum Gasteiger partial charge on any atom is -0.391 e. The standard InChI is InChI=1S/C41H70N6O8/c1-13-26(6)36(46(10)41(53)34(25(4)5)44-40(52)33(42-9)24(2)3)31(54-11)22-32(49)47-21-17-20-30(47)37(55-12)27(7)38(50)45-35(28(8)48)39(51)43-23-29-18-15-14-16-19-29/h14-16,18-19,24-28,30-31,33-37,42,48H,13,17,20-23H2,1-12H3,(H,43,51)(H,44,52)(H,45,50)/t26-,27+,28+,30-,31+,33-,34-,35-,36-,37+/m0/s1. The quantitative estimate of drug-likeness (QED) is 0.118. The zero-order valence-electron chi connectivity index (χ0n) is 35.3. The second-order valence-corrected chi connectivity index (χ2v) is 15.8. The summed E-state index contributed by atoms with van der Waals surface area (Å²) in [5.74, 6) is -2.71. The smallest absolute Gasteiger partial charge is 0.245 e. The van der Waals surface area contributed by atoms with Gasteiger partial charge in [0.25, 0.3) is 0 Å². The highest BCUT2D eigenvalue weighted by atomic mass is 16.5. The number of benzene rings is 1. The molecular formula is C41H70N6O8. The van der Waals surface area contributed by atoms with Gasteiger partial charge >= 0.3 is 0 Å². The van der Waals surface area contributed by atoms with Crippen LogP contribution in [0.25, 0.3) is 0 Å². The molecule has 5 amide bonds. The van der Waals surface area contributed by atoms with Crippen molar-refractivity contribution in [1.29, 1.82) is 0 Å². The fourth-order valence-corrected chi connectivity index (χ4v) is 7.63. The van der Waals surface area contributed by atoms with E-state index in [4.69, 9.17) is 9.47 Å². The van der Waals surface area contributed by atoms with Crippen LogP contribution in [-0.4, -0.2) is 128 Å². The Morgan fingerprint density at radius 2 is 1.47 bits per heavy atom. The molecule has 5 N–H and O–H groups in total. The zero-order valence-corrected chi connectivity index (χ0v) is 35.3. The van der Waals surface area contributed by atoms with E-state index in [-0.39, 0.29) is 48.4 Å². The third-order valence-corrected chi connectivity index (χ3v) is 11.1. The molecule has 1 fully saturated rings. The van der Waals surface area contributed by atoms with Gasteiger partial charge in [-0.3, -0.25) is 24.0 Å². The number of aliphatic hydroxyl groups is 1. The molecule has 14 nitrogen and oxygen atoms in total. The van der Waals surface area contributed by atoms with Gasteiger partial charge < -0.3 is 45.6 Å². The number of carbonyl (C=O) groups is 5. The molecule has 10 atom stereocenters. The van der Waals surface area contributed by atoms with Gasteiger partial charge in [-0.1, -0.05) is 85.2 Å². The minimum atomic E-state index is -1.19. The van der Waals surface area contributed by atoms with Crippen molar-refractivity contribution in [2.75, 3.05) is 34.9 Å². The molecule has 0 aliphatic carbocycles. The molecule has 0 bridgehead atoms. The van der Waals surface area contributed by atoms with Crippen LogP contribution in [0.4, 0.5) is 0 Å². The first-order valence-electron chi connectivity index (χ1n) is 19.8. The Hall–Kier alpha value is -3.59. The van der Waals surface area contributed by atoms with E-state index in [1.165, 1.54) is 21.1 Å². The van der Waals surface area contributed by atoms with Gasteiger partial charge in [0.1, 0.15) is 12.1 Å². The number of likely N-dealkylation sites (N-methyl/N-ethyl adjacent to an activating group) is 2. The van der Waals surface area contributed by atoms with E-state index < -0.39 is 66.3 Å². The number of methoxy groups -OCH3 is 2. The van der Waals surface area contributed by atoms with Gasteiger partial charge in [-0.15, -0.1) is 0 Å². The molecule has 1 aromatic carbocycles. The van der Waals surface area contributed by atoms with Crippen LogP contribution in [0.2, 0.25) is 0 Å². The Balaban J connectivity index is 2.24. The van der Waals surface area contributed by atoms with Gasteiger partial charge in [-0.25, -0.2) is 0 Å². The average Bonchev–Trinajstić information content (AvgIpc) is 3.64. The Kier molecular flexibility index (Phi) is 19.7. The number of hydrogen-bond acceptors (Lipinski definition) is 9. The van der Waals surface area contributed by atoms with Crippen LogP contribution in [0.3, 0.4) is 0 Å².